The van der Waals surface area contributed by atoms with E-state index >= 15 is 0 Å². The molecular formula is C20H32N4O2. The number of rotatable bonds is 8. The van der Waals surface area contributed by atoms with Gasteiger partial charge in [0.05, 0.1) is 0 Å². The van der Waals surface area contributed by atoms with Crippen molar-refractivity contribution in [1.29, 1.82) is 0 Å². The number of amides is 2. The van der Waals surface area contributed by atoms with Gasteiger partial charge >= 0.3 is 0 Å². The Morgan fingerprint density at radius 3 is 2.23 bits per heavy atom. The van der Waals surface area contributed by atoms with Crippen LogP contribution in [0.1, 0.15) is 32.6 Å². The van der Waals surface area contributed by atoms with Gasteiger partial charge in [-0.15, -0.1) is 0 Å². The van der Waals surface area contributed by atoms with E-state index < -0.39 is 0 Å². The maximum atomic E-state index is 12.2. The van der Waals surface area contributed by atoms with Gasteiger partial charge < -0.3 is 20.0 Å². The van der Waals surface area contributed by atoms with Crippen molar-refractivity contribution in [1.82, 2.24) is 9.80 Å². The normalized spacial score (nSPS) is 14.4. The van der Waals surface area contributed by atoms with Crippen LogP contribution in [0.4, 0.5) is 11.4 Å². The fraction of sp³-hybridized carbons (Fsp3) is 0.600. The molecule has 1 aromatic rings. The van der Waals surface area contributed by atoms with Gasteiger partial charge in [-0.25, -0.2) is 0 Å². The fourth-order valence-electron chi connectivity index (χ4n) is 3.12. The van der Waals surface area contributed by atoms with E-state index in [-0.39, 0.29) is 11.8 Å². The smallest absolute Gasteiger partial charge is 0.226 e. The monoisotopic (exact) mass is 360 g/mol. The number of benzene rings is 1. The Hall–Kier alpha value is -2.08. The van der Waals surface area contributed by atoms with Gasteiger partial charge in [0.1, 0.15) is 0 Å². The number of carbonyl (C=O) groups is 2. The Labute approximate surface area is 157 Å². The largest absolute Gasteiger partial charge is 0.372 e. The minimum atomic E-state index is -0.0631. The lowest BCUT2D eigenvalue weighted by Crippen LogP contribution is -2.37. The summed E-state index contributed by atoms with van der Waals surface area (Å²) in [6.07, 6.45) is 4.12. The first-order valence-corrected chi connectivity index (χ1v) is 9.51. The first-order chi connectivity index (χ1) is 12.5. The van der Waals surface area contributed by atoms with Crippen LogP contribution in [0.25, 0.3) is 0 Å². The average Bonchev–Trinajstić information content (AvgIpc) is 2.62. The summed E-state index contributed by atoms with van der Waals surface area (Å²) in [7, 11) is 3.94. The summed E-state index contributed by atoms with van der Waals surface area (Å²) in [6.45, 7) is 5.64. The van der Waals surface area contributed by atoms with Crippen LogP contribution in [-0.2, 0) is 9.59 Å². The molecule has 1 aliphatic rings. The van der Waals surface area contributed by atoms with Crippen molar-refractivity contribution in [2.75, 3.05) is 57.0 Å². The van der Waals surface area contributed by atoms with Gasteiger partial charge in [-0.2, -0.15) is 0 Å². The highest BCUT2D eigenvalue weighted by atomic mass is 16.2. The average molecular weight is 361 g/mol. The van der Waals surface area contributed by atoms with Gasteiger partial charge in [-0.05, 0) is 57.6 Å². The Balaban J connectivity index is 1.80. The number of anilines is 2. The molecule has 0 saturated carbocycles. The predicted octanol–water partition coefficient (Wildman–Crippen LogP) is 2.42. The standard InChI is InChI=1S/C20H32N4O2/c1-17(25)23(16-15-22(2)3)14-11-20(26)21-18-7-9-19(10-8-18)24-12-5-4-6-13-24/h7-10H,4-6,11-16H2,1-3H3,(H,21,26). The molecule has 1 aromatic carbocycles. The number of nitrogens with one attached hydrogen (secondary N) is 1. The predicted molar refractivity (Wildman–Crippen MR) is 107 cm³/mol. The van der Waals surface area contributed by atoms with Crippen LogP contribution in [0.3, 0.4) is 0 Å². The van der Waals surface area contributed by atoms with E-state index in [1.54, 1.807) is 11.8 Å². The minimum Gasteiger partial charge on any atom is -0.372 e. The van der Waals surface area contributed by atoms with E-state index in [0.717, 1.165) is 25.3 Å². The van der Waals surface area contributed by atoms with E-state index in [1.807, 2.05) is 31.1 Å². The van der Waals surface area contributed by atoms with Gasteiger partial charge in [-0.3, -0.25) is 9.59 Å². The third kappa shape index (κ3) is 6.67. The molecular weight excluding hydrogens is 328 g/mol. The highest BCUT2D eigenvalue weighted by Gasteiger charge is 2.13. The van der Waals surface area contributed by atoms with Crippen LogP contribution >= 0.6 is 0 Å². The molecule has 0 unspecified atom stereocenters. The second kappa shape index (κ2) is 10.2. The second-order valence-corrected chi connectivity index (χ2v) is 7.20. The number of likely N-dealkylation sites (N-methyl/N-ethyl adjacent to an activating group) is 1. The lowest BCUT2D eigenvalue weighted by Gasteiger charge is -2.28. The first kappa shape index (κ1) is 20.2. The fourth-order valence-corrected chi connectivity index (χ4v) is 3.12. The number of piperidine rings is 1. The Morgan fingerprint density at radius 2 is 1.65 bits per heavy atom. The van der Waals surface area contributed by atoms with Crippen LogP contribution in [0, 0.1) is 0 Å². The van der Waals surface area contributed by atoms with Crippen molar-refractivity contribution < 1.29 is 9.59 Å². The Bertz CT molecular complexity index is 580. The zero-order valence-corrected chi connectivity index (χ0v) is 16.3. The summed E-state index contributed by atoms with van der Waals surface area (Å²) in [4.78, 5) is 30.0. The summed E-state index contributed by atoms with van der Waals surface area (Å²) in [5.41, 5.74) is 2.02. The van der Waals surface area contributed by atoms with E-state index in [9.17, 15) is 9.59 Å². The van der Waals surface area contributed by atoms with Crippen molar-refractivity contribution in [3.8, 4) is 0 Å². The summed E-state index contributed by atoms with van der Waals surface area (Å²) in [5.74, 6) is -0.0580. The molecule has 1 N–H and O–H groups in total. The number of hydrogen-bond acceptors (Lipinski definition) is 4. The highest BCUT2D eigenvalue weighted by molar-refractivity contribution is 5.91. The SMILES string of the molecule is CC(=O)N(CCC(=O)Nc1ccc(N2CCCCC2)cc1)CCN(C)C. The van der Waals surface area contributed by atoms with Crippen LogP contribution in [0.15, 0.2) is 24.3 Å². The van der Waals surface area contributed by atoms with E-state index in [4.69, 9.17) is 0 Å². The first-order valence-electron chi connectivity index (χ1n) is 9.51. The summed E-state index contributed by atoms with van der Waals surface area (Å²) >= 11 is 0. The van der Waals surface area contributed by atoms with Crippen molar-refractivity contribution in [3.05, 3.63) is 24.3 Å². The summed E-state index contributed by atoms with van der Waals surface area (Å²) in [5, 5.41) is 2.93. The molecule has 26 heavy (non-hydrogen) atoms. The molecule has 1 heterocycles. The van der Waals surface area contributed by atoms with Crippen LogP contribution in [0.2, 0.25) is 0 Å². The molecule has 1 aliphatic heterocycles. The van der Waals surface area contributed by atoms with E-state index in [0.29, 0.717) is 19.5 Å². The zero-order chi connectivity index (χ0) is 18.9. The van der Waals surface area contributed by atoms with Crippen LogP contribution in [-0.4, -0.2) is 68.4 Å². The lowest BCUT2D eigenvalue weighted by molar-refractivity contribution is -0.129. The second-order valence-electron chi connectivity index (χ2n) is 7.20. The molecule has 0 atom stereocenters. The summed E-state index contributed by atoms with van der Waals surface area (Å²) in [6, 6.07) is 8.05. The van der Waals surface area contributed by atoms with Crippen molar-refractivity contribution >= 4 is 23.2 Å². The minimum absolute atomic E-state index is 0.00512. The number of hydrogen-bond donors (Lipinski definition) is 1. The van der Waals surface area contributed by atoms with Crippen LogP contribution in [0.5, 0.6) is 0 Å². The number of nitrogens with zero attached hydrogens (tertiary/aromatic N) is 3. The lowest BCUT2D eigenvalue weighted by atomic mass is 10.1. The molecule has 2 amide bonds. The van der Waals surface area contributed by atoms with Gasteiger partial charge in [0.25, 0.3) is 0 Å². The van der Waals surface area contributed by atoms with Gasteiger partial charge in [0.2, 0.25) is 11.8 Å². The van der Waals surface area contributed by atoms with E-state index in [2.05, 4.69) is 22.3 Å². The molecule has 2 rings (SSSR count). The zero-order valence-electron chi connectivity index (χ0n) is 16.3. The molecule has 0 aliphatic carbocycles. The Morgan fingerprint density at radius 1 is 1.00 bits per heavy atom. The molecule has 0 bridgehead atoms. The molecule has 6 nitrogen and oxygen atoms in total. The Kier molecular flexibility index (Phi) is 7.91. The maximum Gasteiger partial charge on any atom is 0.226 e. The number of carbonyl (C=O) groups excluding carboxylic acids is 2. The molecule has 0 radical (unpaired) electrons. The van der Waals surface area contributed by atoms with Gasteiger partial charge in [0.15, 0.2) is 0 Å². The molecule has 1 saturated heterocycles. The van der Waals surface area contributed by atoms with Crippen molar-refractivity contribution in [3.63, 3.8) is 0 Å². The molecule has 6 heteroatoms. The van der Waals surface area contributed by atoms with Gasteiger partial charge in [-0.1, -0.05) is 0 Å². The van der Waals surface area contributed by atoms with E-state index in [1.165, 1.54) is 24.9 Å². The molecule has 0 aromatic heterocycles. The van der Waals surface area contributed by atoms with Crippen molar-refractivity contribution in [2.24, 2.45) is 0 Å². The highest BCUT2D eigenvalue weighted by Crippen LogP contribution is 2.21. The molecule has 1 fully saturated rings. The van der Waals surface area contributed by atoms with Crippen molar-refractivity contribution in [2.45, 2.75) is 32.6 Å². The maximum absolute atomic E-state index is 12.2. The van der Waals surface area contributed by atoms with Gasteiger partial charge in [0, 0.05) is 57.4 Å². The third-order valence-electron chi connectivity index (χ3n) is 4.74. The summed E-state index contributed by atoms with van der Waals surface area (Å²) < 4.78 is 0. The van der Waals surface area contributed by atoms with Crippen LogP contribution < -0.4 is 10.2 Å². The quantitative estimate of drug-likeness (QED) is 0.774. The third-order valence-corrected chi connectivity index (χ3v) is 4.74. The molecule has 144 valence electrons. The molecule has 0 spiro atoms. The topological polar surface area (TPSA) is 55.9 Å².